The molecule has 1 aromatic carbocycles. The summed E-state index contributed by atoms with van der Waals surface area (Å²) >= 11 is 0. The van der Waals surface area contributed by atoms with Crippen LogP contribution in [-0.2, 0) is 0 Å². The molecule has 2 aromatic rings. The molecule has 0 aliphatic carbocycles. The molecule has 0 amide bonds. The third-order valence-corrected chi connectivity index (χ3v) is 1.53. The summed E-state index contributed by atoms with van der Waals surface area (Å²) in [5, 5.41) is 0.951. The minimum atomic E-state index is -0.302. The third kappa shape index (κ3) is 1.62. The molecular formula is C9H6GaO2. The van der Waals surface area contributed by atoms with Crippen molar-refractivity contribution < 1.29 is 4.42 Å². The molecule has 0 saturated heterocycles. The fourth-order valence-corrected chi connectivity index (χ4v) is 1.01. The number of fused-ring (bicyclic) bond motifs is 1. The van der Waals surface area contributed by atoms with E-state index in [2.05, 4.69) is 0 Å². The van der Waals surface area contributed by atoms with E-state index >= 15 is 0 Å². The van der Waals surface area contributed by atoms with Crippen LogP contribution in [0.5, 0.6) is 0 Å². The summed E-state index contributed by atoms with van der Waals surface area (Å²) < 4.78 is 4.91. The van der Waals surface area contributed by atoms with Gasteiger partial charge in [0.15, 0.2) is 0 Å². The first kappa shape index (κ1) is 9.16. The van der Waals surface area contributed by atoms with E-state index in [0.717, 1.165) is 5.39 Å². The van der Waals surface area contributed by atoms with Gasteiger partial charge in [0, 0.05) is 31.2 Å². The van der Waals surface area contributed by atoms with E-state index in [0.29, 0.717) is 5.58 Å². The van der Waals surface area contributed by atoms with Crippen LogP contribution in [0.15, 0.2) is 45.6 Å². The molecule has 0 atom stereocenters. The molecule has 2 rings (SSSR count). The van der Waals surface area contributed by atoms with Gasteiger partial charge in [-0.2, -0.15) is 0 Å². The normalized spacial score (nSPS) is 9.33. The number of para-hydroxylation sites is 1. The molecular weight excluding hydrogens is 210 g/mol. The summed E-state index contributed by atoms with van der Waals surface area (Å²) in [6, 6.07) is 10.6. The van der Waals surface area contributed by atoms with Crippen LogP contribution in [-0.4, -0.2) is 19.8 Å². The van der Waals surface area contributed by atoms with Crippen LogP contribution >= 0.6 is 0 Å². The minimum Gasteiger partial charge on any atom is -0.423 e. The van der Waals surface area contributed by atoms with E-state index in [1.54, 1.807) is 12.1 Å². The molecule has 1 aromatic heterocycles. The Kier molecular flexibility index (Phi) is 2.78. The first-order valence-electron chi connectivity index (χ1n) is 3.35. The molecule has 0 fully saturated rings. The van der Waals surface area contributed by atoms with Crippen molar-refractivity contribution in [3.05, 3.63) is 46.8 Å². The maximum Gasteiger partial charge on any atom is 0.336 e. The maximum absolute atomic E-state index is 10.7. The van der Waals surface area contributed by atoms with E-state index in [9.17, 15) is 4.79 Å². The third-order valence-electron chi connectivity index (χ3n) is 1.53. The van der Waals surface area contributed by atoms with Crippen LogP contribution in [0.2, 0.25) is 0 Å². The number of rotatable bonds is 0. The summed E-state index contributed by atoms with van der Waals surface area (Å²) in [5.41, 5.74) is 0.337. The van der Waals surface area contributed by atoms with Gasteiger partial charge < -0.3 is 4.42 Å². The Hall–Kier alpha value is -0.934. The summed E-state index contributed by atoms with van der Waals surface area (Å²) in [5.74, 6) is 0. The molecule has 12 heavy (non-hydrogen) atoms. The fraction of sp³-hybridized carbons (Fsp3) is 0. The molecule has 2 nitrogen and oxygen atoms in total. The van der Waals surface area contributed by atoms with Crippen LogP contribution in [0.4, 0.5) is 0 Å². The van der Waals surface area contributed by atoms with Crippen LogP contribution in [0, 0.1) is 0 Å². The van der Waals surface area contributed by atoms with Crippen LogP contribution in [0.25, 0.3) is 11.0 Å². The minimum absolute atomic E-state index is 0. The topological polar surface area (TPSA) is 30.2 Å². The molecule has 0 N–H and O–H groups in total. The smallest absolute Gasteiger partial charge is 0.336 e. The van der Waals surface area contributed by atoms with Crippen LogP contribution in [0.3, 0.4) is 0 Å². The Morgan fingerprint density at radius 3 is 2.58 bits per heavy atom. The van der Waals surface area contributed by atoms with Gasteiger partial charge in [-0.25, -0.2) is 4.79 Å². The summed E-state index contributed by atoms with van der Waals surface area (Å²) in [7, 11) is 0. The van der Waals surface area contributed by atoms with E-state index in [1.807, 2.05) is 18.2 Å². The second-order valence-electron chi connectivity index (χ2n) is 2.29. The predicted octanol–water partition coefficient (Wildman–Crippen LogP) is 1.41. The van der Waals surface area contributed by atoms with Gasteiger partial charge in [0.25, 0.3) is 0 Å². The zero-order valence-electron chi connectivity index (χ0n) is 6.36. The standard InChI is InChI=1S/C9H6O2.Ga/c10-9-6-5-7-3-1-2-4-8(7)11-9;/h1-6H;. The Morgan fingerprint density at radius 1 is 1.00 bits per heavy atom. The zero-order valence-corrected chi connectivity index (χ0v) is 8.78. The first-order valence-corrected chi connectivity index (χ1v) is 3.35. The average molecular weight is 216 g/mol. The zero-order chi connectivity index (χ0) is 7.68. The van der Waals surface area contributed by atoms with E-state index < -0.39 is 0 Å². The molecule has 0 spiro atoms. The van der Waals surface area contributed by atoms with Gasteiger partial charge in [0.1, 0.15) is 5.58 Å². The average Bonchev–Trinajstić information content (AvgIpc) is 2.04. The van der Waals surface area contributed by atoms with Gasteiger partial charge in [0.2, 0.25) is 0 Å². The van der Waals surface area contributed by atoms with Gasteiger partial charge >= 0.3 is 5.63 Å². The fourth-order valence-electron chi connectivity index (χ4n) is 1.01. The Labute approximate surface area is 82.3 Å². The van der Waals surface area contributed by atoms with Crippen molar-refractivity contribution >= 4 is 30.8 Å². The van der Waals surface area contributed by atoms with Crippen molar-refractivity contribution in [3.8, 4) is 0 Å². The summed E-state index contributed by atoms with van der Waals surface area (Å²) in [6.45, 7) is 0. The van der Waals surface area contributed by atoms with Crippen molar-refractivity contribution in [3.63, 3.8) is 0 Å². The van der Waals surface area contributed by atoms with E-state index in [-0.39, 0.29) is 25.4 Å². The number of hydrogen-bond acceptors (Lipinski definition) is 2. The van der Waals surface area contributed by atoms with Gasteiger partial charge in [-0.1, -0.05) is 18.2 Å². The molecule has 0 aliphatic rings. The van der Waals surface area contributed by atoms with Crippen molar-refractivity contribution in [1.82, 2.24) is 0 Å². The Morgan fingerprint density at radius 2 is 1.75 bits per heavy atom. The molecule has 1 heterocycles. The largest absolute Gasteiger partial charge is 0.423 e. The van der Waals surface area contributed by atoms with E-state index in [4.69, 9.17) is 4.42 Å². The number of benzene rings is 1. The molecule has 3 radical (unpaired) electrons. The SMILES string of the molecule is O=c1ccc2ccccc2o1.[Ga]. The van der Waals surface area contributed by atoms with E-state index in [1.165, 1.54) is 6.07 Å². The second-order valence-corrected chi connectivity index (χ2v) is 2.29. The summed E-state index contributed by atoms with van der Waals surface area (Å²) in [6.07, 6.45) is 0. The number of hydrogen-bond donors (Lipinski definition) is 0. The van der Waals surface area contributed by atoms with Crippen molar-refractivity contribution in [2.45, 2.75) is 0 Å². The molecule has 0 saturated carbocycles. The molecule has 0 aliphatic heterocycles. The van der Waals surface area contributed by atoms with Crippen molar-refractivity contribution in [2.24, 2.45) is 0 Å². The van der Waals surface area contributed by atoms with Crippen molar-refractivity contribution in [2.75, 3.05) is 0 Å². The van der Waals surface area contributed by atoms with Gasteiger partial charge in [-0.15, -0.1) is 0 Å². The maximum atomic E-state index is 10.7. The Balaban J connectivity index is 0.000000720. The van der Waals surface area contributed by atoms with Crippen molar-refractivity contribution in [1.29, 1.82) is 0 Å². The molecule has 0 unspecified atom stereocenters. The first-order chi connectivity index (χ1) is 5.36. The summed E-state index contributed by atoms with van der Waals surface area (Å²) in [4.78, 5) is 10.7. The van der Waals surface area contributed by atoms with Gasteiger partial charge in [-0.3, -0.25) is 0 Å². The second kappa shape index (κ2) is 3.65. The Bertz CT molecular complexity index is 433. The van der Waals surface area contributed by atoms with Gasteiger partial charge in [-0.05, 0) is 12.1 Å². The van der Waals surface area contributed by atoms with Gasteiger partial charge in [0.05, 0.1) is 0 Å². The molecule has 3 heteroatoms. The van der Waals surface area contributed by atoms with Crippen LogP contribution in [0.1, 0.15) is 0 Å². The predicted molar refractivity (Wildman–Crippen MR) is 48.2 cm³/mol. The molecule has 57 valence electrons. The monoisotopic (exact) mass is 215 g/mol. The quantitative estimate of drug-likeness (QED) is 0.492. The molecule has 0 bridgehead atoms. The van der Waals surface area contributed by atoms with Crippen LogP contribution < -0.4 is 5.63 Å².